The fraction of sp³-hybridized carbons (Fsp3) is 0.600. The minimum absolute atomic E-state index is 0.0564. The molecule has 0 radical (unpaired) electrons. The third-order valence-corrected chi connectivity index (χ3v) is 5.31. The summed E-state index contributed by atoms with van der Waals surface area (Å²) in [6.07, 6.45) is 0.183. The van der Waals surface area contributed by atoms with E-state index in [0.717, 1.165) is 5.56 Å². The van der Waals surface area contributed by atoms with Gasteiger partial charge in [-0.2, -0.15) is 0 Å². The smallest absolute Gasteiger partial charge is 0.223 e. The molecule has 3 N–H and O–H groups in total. The quantitative estimate of drug-likeness (QED) is 0.757. The summed E-state index contributed by atoms with van der Waals surface area (Å²) >= 11 is 0. The van der Waals surface area contributed by atoms with Crippen molar-refractivity contribution in [1.82, 2.24) is 10.2 Å². The highest BCUT2D eigenvalue weighted by molar-refractivity contribution is 5.79. The van der Waals surface area contributed by atoms with E-state index in [2.05, 4.69) is 5.32 Å². The van der Waals surface area contributed by atoms with Gasteiger partial charge in [0.1, 0.15) is 0 Å². The van der Waals surface area contributed by atoms with Gasteiger partial charge in [0.05, 0.1) is 18.2 Å². The Labute approximate surface area is 155 Å². The third kappa shape index (κ3) is 5.29. The summed E-state index contributed by atoms with van der Waals surface area (Å²) in [6.45, 7) is 6.81. The average Bonchev–Trinajstić information content (AvgIpc) is 3.22. The number of amides is 2. The van der Waals surface area contributed by atoms with Crippen LogP contribution in [-0.4, -0.2) is 52.2 Å². The Bertz CT molecular complexity index is 603. The molecule has 1 aromatic rings. The number of aliphatic hydroxyl groups is 2. The Hall–Kier alpha value is -1.92. The maximum atomic E-state index is 11.9. The van der Waals surface area contributed by atoms with Gasteiger partial charge in [-0.15, -0.1) is 0 Å². The van der Waals surface area contributed by atoms with Crippen LogP contribution in [0.15, 0.2) is 30.3 Å². The van der Waals surface area contributed by atoms with Gasteiger partial charge < -0.3 is 20.4 Å². The van der Waals surface area contributed by atoms with Crippen molar-refractivity contribution in [3.63, 3.8) is 0 Å². The van der Waals surface area contributed by atoms with Crippen LogP contribution in [0, 0.1) is 11.8 Å². The minimum atomic E-state index is -0.410. The number of rotatable bonds is 4. The highest BCUT2D eigenvalue weighted by atomic mass is 16.3. The van der Waals surface area contributed by atoms with Crippen LogP contribution >= 0.6 is 0 Å². The lowest BCUT2D eigenvalue weighted by Crippen LogP contribution is -2.29. The summed E-state index contributed by atoms with van der Waals surface area (Å²) in [4.78, 5) is 24.3. The molecule has 0 unspecified atom stereocenters. The fourth-order valence-electron chi connectivity index (χ4n) is 3.34. The molecule has 0 bridgehead atoms. The van der Waals surface area contributed by atoms with Crippen LogP contribution in [0.5, 0.6) is 0 Å². The lowest BCUT2D eigenvalue weighted by molar-refractivity contribution is -0.129. The second-order valence-electron chi connectivity index (χ2n) is 7.35. The Kier molecular flexibility index (Phi) is 7.17. The second-order valence-corrected chi connectivity index (χ2v) is 7.35. The molecule has 0 saturated carbocycles. The van der Waals surface area contributed by atoms with Crippen molar-refractivity contribution in [3.8, 4) is 0 Å². The minimum Gasteiger partial charge on any atom is -0.393 e. The maximum absolute atomic E-state index is 11.9. The Morgan fingerprint density at radius 2 is 1.62 bits per heavy atom. The van der Waals surface area contributed by atoms with Crippen molar-refractivity contribution in [2.24, 2.45) is 11.8 Å². The SMILES string of the molecule is C[C@H](O)[C@@H]1CC(=O)N([C@H](C)c2ccccc2)C1.C[C@H](O)[C@H]1CNC(=O)C1. The number of aliphatic hydroxyl groups excluding tert-OH is 2. The first-order valence-corrected chi connectivity index (χ1v) is 9.26. The van der Waals surface area contributed by atoms with Crippen molar-refractivity contribution in [3.05, 3.63) is 35.9 Å². The topological polar surface area (TPSA) is 89.9 Å². The molecule has 2 fully saturated rings. The lowest BCUT2D eigenvalue weighted by atomic mass is 10.0. The lowest BCUT2D eigenvalue weighted by Gasteiger charge is -2.25. The van der Waals surface area contributed by atoms with Crippen LogP contribution < -0.4 is 5.32 Å². The van der Waals surface area contributed by atoms with Crippen LogP contribution in [0.3, 0.4) is 0 Å². The molecule has 0 aliphatic carbocycles. The predicted octanol–water partition coefficient (Wildman–Crippen LogP) is 1.48. The summed E-state index contributed by atoms with van der Waals surface area (Å²) < 4.78 is 0. The largest absolute Gasteiger partial charge is 0.393 e. The predicted molar refractivity (Wildman–Crippen MR) is 99.2 cm³/mol. The normalized spacial score (nSPS) is 26.0. The van der Waals surface area contributed by atoms with Gasteiger partial charge in [-0.3, -0.25) is 9.59 Å². The monoisotopic (exact) mass is 362 g/mol. The average molecular weight is 362 g/mol. The van der Waals surface area contributed by atoms with Gasteiger partial charge in [0, 0.05) is 37.8 Å². The van der Waals surface area contributed by atoms with E-state index in [1.54, 1.807) is 13.8 Å². The van der Waals surface area contributed by atoms with Gasteiger partial charge in [-0.05, 0) is 26.3 Å². The number of likely N-dealkylation sites (tertiary alicyclic amines) is 1. The number of hydrogen-bond donors (Lipinski definition) is 3. The Morgan fingerprint density at radius 1 is 1.00 bits per heavy atom. The van der Waals surface area contributed by atoms with E-state index in [-0.39, 0.29) is 35.8 Å². The van der Waals surface area contributed by atoms with Gasteiger partial charge in [0.2, 0.25) is 11.8 Å². The standard InChI is InChI=1S/C14H19NO2.C6H11NO2/c1-10(12-6-4-3-5-7-12)15-9-13(11(2)16)8-14(15)17;1-4(8)5-2-6(9)7-3-5/h3-7,10-11,13,16H,8-9H2,1-2H3;4-5,8H,2-3H2,1H3,(H,7,9)/t10-,11+,13-;4-,5+/m10/s1. The van der Waals surface area contributed by atoms with E-state index in [4.69, 9.17) is 5.11 Å². The van der Waals surface area contributed by atoms with Crippen molar-refractivity contribution in [2.45, 2.75) is 51.9 Å². The molecule has 2 heterocycles. The zero-order valence-electron chi connectivity index (χ0n) is 15.8. The van der Waals surface area contributed by atoms with Gasteiger partial charge in [0.25, 0.3) is 0 Å². The summed E-state index contributed by atoms with van der Waals surface area (Å²) in [5.74, 6) is 0.416. The van der Waals surface area contributed by atoms with Gasteiger partial charge in [-0.1, -0.05) is 30.3 Å². The highest BCUT2D eigenvalue weighted by Gasteiger charge is 2.35. The Morgan fingerprint density at radius 3 is 2.04 bits per heavy atom. The van der Waals surface area contributed by atoms with E-state index < -0.39 is 6.10 Å². The maximum Gasteiger partial charge on any atom is 0.223 e. The molecule has 0 aromatic heterocycles. The molecule has 2 saturated heterocycles. The number of hydrogen-bond acceptors (Lipinski definition) is 4. The molecule has 5 atom stereocenters. The van der Waals surface area contributed by atoms with Crippen molar-refractivity contribution >= 4 is 11.8 Å². The number of benzene rings is 1. The van der Waals surface area contributed by atoms with Crippen molar-refractivity contribution in [1.29, 1.82) is 0 Å². The van der Waals surface area contributed by atoms with Crippen LogP contribution in [0.1, 0.15) is 45.2 Å². The van der Waals surface area contributed by atoms with E-state index in [9.17, 15) is 14.7 Å². The van der Waals surface area contributed by atoms with E-state index in [1.807, 2.05) is 42.2 Å². The van der Waals surface area contributed by atoms with Crippen LogP contribution in [0.2, 0.25) is 0 Å². The molecule has 3 rings (SSSR count). The molecule has 6 nitrogen and oxygen atoms in total. The van der Waals surface area contributed by atoms with Crippen molar-refractivity contribution in [2.75, 3.05) is 13.1 Å². The third-order valence-electron chi connectivity index (χ3n) is 5.31. The number of carbonyl (C=O) groups is 2. The van der Waals surface area contributed by atoms with Crippen LogP contribution in [0.4, 0.5) is 0 Å². The molecule has 2 amide bonds. The zero-order valence-corrected chi connectivity index (χ0v) is 15.8. The van der Waals surface area contributed by atoms with E-state index in [0.29, 0.717) is 25.9 Å². The molecular weight excluding hydrogens is 332 g/mol. The molecule has 1 aromatic carbocycles. The van der Waals surface area contributed by atoms with Crippen molar-refractivity contribution < 1.29 is 19.8 Å². The highest BCUT2D eigenvalue weighted by Crippen LogP contribution is 2.29. The van der Waals surface area contributed by atoms with E-state index >= 15 is 0 Å². The van der Waals surface area contributed by atoms with Gasteiger partial charge in [0.15, 0.2) is 0 Å². The molecule has 144 valence electrons. The van der Waals surface area contributed by atoms with Crippen LogP contribution in [0.25, 0.3) is 0 Å². The summed E-state index contributed by atoms with van der Waals surface area (Å²) in [5, 5.41) is 21.2. The summed E-state index contributed by atoms with van der Waals surface area (Å²) in [7, 11) is 0. The zero-order chi connectivity index (χ0) is 19.3. The first-order valence-electron chi connectivity index (χ1n) is 9.26. The Balaban J connectivity index is 0.000000228. The molecule has 0 spiro atoms. The van der Waals surface area contributed by atoms with Crippen LogP contribution in [-0.2, 0) is 9.59 Å². The van der Waals surface area contributed by atoms with Gasteiger partial charge >= 0.3 is 0 Å². The first kappa shape index (κ1) is 20.4. The van der Waals surface area contributed by atoms with E-state index in [1.165, 1.54) is 0 Å². The molecular formula is C20H30N2O4. The number of carbonyl (C=O) groups excluding carboxylic acids is 2. The summed E-state index contributed by atoms with van der Waals surface area (Å²) in [6, 6.07) is 10.1. The molecule has 6 heteroatoms. The van der Waals surface area contributed by atoms with Gasteiger partial charge in [-0.25, -0.2) is 0 Å². The number of nitrogens with zero attached hydrogens (tertiary/aromatic N) is 1. The molecule has 2 aliphatic rings. The number of nitrogens with one attached hydrogen (secondary N) is 1. The molecule has 2 aliphatic heterocycles. The second kappa shape index (κ2) is 9.14. The fourth-order valence-corrected chi connectivity index (χ4v) is 3.34. The summed E-state index contributed by atoms with van der Waals surface area (Å²) in [5.41, 5.74) is 1.15. The first-order chi connectivity index (χ1) is 12.3. The molecule has 26 heavy (non-hydrogen) atoms.